The smallest absolute Gasteiger partial charge is 0.199 e. The van der Waals surface area contributed by atoms with Crippen LogP contribution in [0.1, 0.15) is 30.8 Å². The molecule has 3 nitrogen and oxygen atoms in total. The number of rotatable bonds is 5. The van der Waals surface area contributed by atoms with E-state index in [1.54, 1.807) is 0 Å². The van der Waals surface area contributed by atoms with Crippen molar-refractivity contribution in [1.29, 1.82) is 0 Å². The number of carbonyl (C=O) groups excluding carboxylic acids is 1. The lowest BCUT2D eigenvalue weighted by atomic mass is 10.2. The Morgan fingerprint density at radius 2 is 2.12 bits per heavy atom. The van der Waals surface area contributed by atoms with Crippen molar-refractivity contribution in [3.8, 4) is 0 Å². The van der Waals surface area contributed by atoms with E-state index in [0.717, 1.165) is 11.0 Å². The summed E-state index contributed by atoms with van der Waals surface area (Å²) in [5.41, 5.74) is 0.771. The van der Waals surface area contributed by atoms with Gasteiger partial charge in [-0.15, -0.1) is 0 Å². The van der Waals surface area contributed by atoms with E-state index in [1.165, 1.54) is 0 Å². The Labute approximate surface area is 101 Å². The van der Waals surface area contributed by atoms with Crippen molar-refractivity contribution in [2.75, 3.05) is 6.54 Å². The highest BCUT2D eigenvalue weighted by molar-refractivity contribution is 5.97. The molecule has 0 saturated heterocycles. The zero-order valence-electron chi connectivity index (χ0n) is 10.2. The van der Waals surface area contributed by atoms with Crippen LogP contribution in [0.4, 0.5) is 0 Å². The molecule has 1 aromatic heterocycles. The normalized spacial score (nSPS) is 11.2. The molecule has 0 aliphatic carbocycles. The van der Waals surface area contributed by atoms with Gasteiger partial charge in [-0.3, -0.25) is 4.79 Å². The second-order valence-electron chi connectivity index (χ2n) is 4.43. The van der Waals surface area contributed by atoms with E-state index in [0.29, 0.717) is 24.8 Å². The maximum atomic E-state index is 11.9. The topological polar surface area (TPSA) is 42.2 Å². The molecule has 17 heavy (non-hydrogen) atoms. The molecule has 0 amide bonds. The molecular formula is C14H17NO2. The fourth-order valence-corrected chi connectivity index (χ4v) is 1.72. The van der Waals surface area contributed by atoms with Gasteiger partial charge in [0.15, 0.2) is 11.5 Å². The average Bonchev–Trinajstić information content (AvgIpc) is 2.71. The highest BCUT2D eigenvalue weighted by Crippen LogP contribution is 2.19. The lowest BCUT2D eigenvalue weighted by Crippen LogP contribution is -2.25. The highest BCUT2D eigenvalue weighted by Gasteiger charge is 2.11. The van der Waals surface area contributed by atoms with E-state index in [2.05, 4.69) is 19.2 Å². The number of benzene rings is 1. The Kier molecular flexibility index (Phi) is 3.59. The van der Waals surface area contributed by atoms with Gasteiger partial charge in [-0.05, 0) is 12.1 Å². The molecule has 1 N–H and O–H groups in total. The van der Waals surface area contributed by atoms with Crippen molar-refractivity contribution >= 4 is 16.8 Å². The molecule has 1 heterocycles. The molecule has 0 atom stereocenters. The molecule has 0 unspecified atom stereocenters. The number of nitrogens with one attached hydrogen (secondary N) is 1. The first kappa shape index (κ1) is 11.9. The molecular weight excluding hydrogens is 214 g/mol. The van der Waals surface area contributed by atoms with Gasteiger partial charge in [-0.1, -0.05) is 32.0 Å². The van der Waals surface area contributed by atoms with Gasteiger partial charge < -0.3 is 9.73 Å². The molecule has 0 aliphatic heterocycles. The average molecular weight is 231 g/mol. The highest BCUT2D eigenvalue weighted by atomic mass is 16.3. The van der Waals surface area contributed by atoms with Crippen LogP contribution in [0.15, 0.2) is 34.7 Å². The predicted octanol–water partition coefficient (Wildman–Crippen LogP) is 3.00. The van der Waals surface area contributed by atoms with E-state index in [9.17, 15) is 4.79 Å². The Bertz CT molecular complexity index is 481. The fourth-order valence-electron chi connectivity index (χ4n) is 1.72. The van der Waals surface area contributed by atoms with Crippen molar-refractivity contribution in [2.45, 2.75) is 26.3 Å². The third-order valence-electron chi connectivity index (χ3n) is 2.60. The van der Waals surface area contributed by atoms with Crippen LogP contribution in [0.25, 0.3) is 11.0 Å². The Morgan fingerprint density at radius 3 is 2.82 bits per heavy atom. The number of Topliss-reactive ketones (excluding diaryl/α,β-unsaturated/α-hetero) is 1. The Balaban J connectivity index is 2.04. The van der Waals surface area contributed by atoms with E-state index in [4.69, 9.17) is 4.42 Å². The first-order valence-electron chi connectivity index (χ1n) is 5.92. The van der Waals surface area contributed by atoms with Crippen molar-refractivity contribution in [3.63, 3.8) is 0 Å². The lowest BCUT2D eigenvalue weighted by Gasteiger charge is -2.05. The molecule has 0 bridgehead atoms. The summed E-state index contributed by atoms with van der Waals surface area (Å²) in [5, 5.41) is 4.20. The van der Waals surface area contributed by atoms with Crippen LogP contribution in [0, 0.1) is 0 Å². The minimum atomic E-state index is 0.0503. The quantitative estimate of drug-likeness (QED) is 0.804. The minimum absolute atomic E-state index is 0.0503. The molecule has 2 aromatic rings. The molecule has 0 saturated carbocycles. The zero-order chi connectivity index (χ0) is 12.3. The summed E-state index contributed by atoms with van der Waals surface area (Å²) in [5.74, 6) is 0.506. The number of ketones is 1. The standard InChI is InChI=1S/C14H17NO2/c1-10(2)15-8-7-12(16)14-9-11-5-3-4-6-13(11)17-14/h3-6,9-10,15H,7-8H2,1-2H3. The van der Waals surface area contributed by atoms with E-state index < -0.39 is 0 Å². The summed E-state index contributed by atoms with van der Waals surface area (Å²) in [6, 6.07) is 9.87. The van der Waals surface area contributed by atoms with E-state index in [1.807, 2.05) is 30.3 Å². The predicted molar refractivity (Wildman–Crippen MR) is 68.3 cm³/mol. The van der Waals surface area contributed by atoms with Gasteiger partial charge in [-0.2, -0.15) is 0 Å². The van der Waals surface area contributed by atoms with Crippen LogP contribution in [0.2, 0.25) is 0 Å². The van der Waals surface area contributed by atoms with Crippen molar-refractivity contribution in [3.05, 3.63) is 36.1 Å². The second kappa shape index (κ2) is 5.15. The second-order valence-corrected chi connectivity index (χ2v) is 4.43. The largest absolute Gasteiger partial charge is 0.453 e. The number of hydrogen-bond donors (Lipinski definition) is 1. The fraction of sp³-hybridized carbons (Fsp3) is 0.357. The summed E-state index contributed by atoms with van der Waals surface area (Å²) in [7, 11) is 0. The van der Waals surface area contributed by atoms with Crippen molar-refractivity contribution in [1.82, 2.24) is 5.32 Å². The van der Waals surface area contributed by atoms with Crippen LogP contribution < -0.4 is 5.32 Å². The third-order valence-corrected chi connectivity index (χ3v) is 2.60. The summed E-state index contributed by atoms with van der Waals surface area (Å²) >= 11 is 0. The summed E-state index contributed by atoms with van der Waals surface area (Å²) in [6.45, 7) is 4.81. The molecule has 0 radical (unpaired) electrons. The van der Waals surface area contributed by atoms with Crippen molar-refractivity contribution in [2.24, 2.45) is 0 Å². The maximum absolute atomic E-state index is 11.9. The van der Waals surface area contributed by atoms with E-state index >= 15 is 0 Å². The lowest BCUT2D eigenvalue weighted by molar-refractivity contribution is 0.0957. The molecule has 3 heteroatoms. The first-order chi connectivity index (χ1) is 8.16. The van der Waals surface area contributed by atoms with Crippen molar-refractivity contribution < 1.29 is 9.21 Å². The SMILES string of the molecule is CC(C)NCCC(=O)c1cc2ccccc2o1. The van der Waals surface area contributed by atoms with Crippen LogP contribution in [-0.2, 0) is 0 Å². The maximum Gasteiger partial charge on any atom is 0.199 e. The minimum Gasteiger partial charge on any atom is -0.453 e. The first-order valence-corrected chi connectivity index (χ1v) is 5.92. The van der Waals surface area contributed by atoms with Gasteiger partial charge in [0.05, 0.1) is 0 Å². The number of carbonyl (C=O) groups is 1. The van der Waals surface area contributed by atoms with Crippen LogP contribution in [-0.4, -0.2) is 18.4 Å². The Morgan fingerprint density at radius 1 is 1.35 bits per heavy atom. The third kappa shape index (κ3) is 2.94. The number of furan rings is 1. The molecule has 1 aromatic carbocycles. The monoisotopic (exact) mass is 231 g/mol. The van der Waals surface area contributed by atoms with Crippen LogP contribution >= 0.6 is 0 Å². The summed E-state index contributed by atoms with van der Waals surface area (Å²) < 4.78 is 5.51. The van der Waals surface area contributed by atoms with Crippen LogP contribution in [0.5, 0.6) is 0 Å². The number of fused-ring (bicyclic) bond motifs is 1. The molecule has 2 rings (SSSR count). The van der Waals surface area contributed by atoms with Gasteiger partial charge in [0.2, 0.25) is 0 Å². The molecule has 0 spiro atoms. The molecule has 90 valence electrons. The van der Waals surface area contributed by atoms with Gasteiger partial charge in [0, 0.05) is 24.4 Å². The number of para-hydroxylation sites is 1. The van der Waals surface area contributed by atoms with Gasteiger partial charge >= 0.3 is 0 Å². The van der Waals surface area contributed by atoms with Gasteiger partial charge in [0.25, 0.3) is 0 Å². The number of hydrogen-bond acceptors (Lipinski definition) is 3. The summed E-state index contributed by atoms with van der Waals surface area (Å²) in [4.78, 5) is 11.9. The molecule has 0 fully saturated rings. The van der Waals surface area contributed by atoms with Gasteiger partial charge in [-0.25, -0.2) is 0 Å². The van der Waals surface area contributed by atoms with Gasteiger partial charge in [0.1, 0.15) is 5.58 Å². The summed E-state index contributed by atoms with van der Waals surface area (Å²) in [6.07, 6.45) is 0.470. The van der Waals surface area contributed by atoms with E-state index in [-0.39, 0.29) is 5.78 Å². The zero-order valence-corrected chi connectivity index (χ0v) is 10.2. The molecule has 0 aliphatic rings. The van der Waals surface area contributed by atoms with Crippen LogP contribution in [0.3, 0.4) is 0 Å². The Hall–Kier alpha value is -1.61.